The number of hydrogen-bond donors (Lipinski definition) is 0. The Morgan fingerprint density at radius 1 is 1.12 bits per heavy atom. The molecule has 1 unspecified atom stereocenters. The van der Waals surface area contributed by atoms with Gasteiger partial charge < -0.3 is 9.64 Å². The Kier molecular flexibility index (Phi) is 4.38. The van der Waals surface area contributed by atoms with E-state index in [9.17, 15) is 4.39 Å². The number of benzene rings is 1. The van der Waals surface area contributed by atoms with Crippen LogP contribution in [0.2, 0.25) is 0 Å². The molecule has 1 aromatic carbocycles. The number of nitrogens with zero attached hydrogens (tertiary/aromatic N) is 5. The number of hydrogen-bond acceptors (Lipinski definition) is 5. The van der Waals surface area contributed by atoms with E-state index < -0.39 is 0 Å². The van der Waals surface area contributed by atoms with Crippen LogP contribution < -0.4 is 4.90 Å². The summed E-state index contributed by atoms with van der Waals surface area (Å²) in [7, 11) is 0. The van der Waals surface area contributed by atoms with Crippen LogP contribution in [0.5, 0.6) is 0 Å². The molecule has 0 aliphatic carbocycles. The number of anilines is 1. The third kappa shape index (κ3) is 3.30. The summed E-state index contributed by atoms with van der Waals surface area (Å²) >= 11 is 0. The Bertz CT molecular complexity index is 909. The summed E-state index contributed by atoms with van der Waals surface area (Å²) in [5, 5.41) is 4.47. The van der Waals surface area contributed by atoms with Crippen molar-refractivity contribution in [3.63, 3.8) is 0 Å². The van der Waals surface area contributed by atoms with E-state index in [2.05, 4.69) is 15.0 Å². The summed E-state index contributed by atoms with van der Waals surface area (Å²) in [6.07, 6.45) is 3.34. The molecule has 1 aliphatic rings. The largest absolute Gasteiger partial charge is 0.370 e. The zero-order chi connectivity index (χ0) is 18.1. The van der Waals surface area contributed by atoms with Gasteiger partial charge in [0.15, 0.2) is 5.82 Å². The highest BCUT2D eigenvalue weighted by molar-refractivity contribution is 5.41. The van der Waals surface area contributed by atoms with Crippen LogP contribution in [0.3, 0.4) is 0 Å². The fourth-order valence-electron chi connectivity index (χ4n) is 3.20. The van der Waals surface area contributed by atoms with E-state index in [-0.39, 0.29) is 11.9 Å². The molecule has 1 fully saturated rings. The van der Waals surface area contributed by atoms with Crippen molar-refractivity contribution in [2.45, 2.75) is 20.0 Å². The number of aryl methyl sites for hydroxylation is 2. The van der Waals surface area contributed by atoms with E-state index >= 15 is 0 Å². The minimum absolute atomic E-state index is 0.122. The van der Waals surface area contributed by atoms with Gasteiger partial charge in [0.05, 0.1) is 24.7 Å². The fraction of sp³-hybridized carbons (Fsp3) is 0.316. The summed E-state index contributed by atoms with van der Waals surface area (Å²) < 4.78 is 20.8. The molecule has 1 aliphatic heterocycles. The Hall–Kier alpha value is -2.80. The maximum Gasteiger partial charge on any atom is 0.174 e. The molecular weight excluding hydrogens is 333 g/mol. The minimum Gasteiger partial charge on any atom is -0.370 e. The SMILES string of the molecule is Cc1cc(C)n(-c2cncc(N3CCOC(c4ccc(F)cc4)C3)n2)n1. The van der Waals surface area contributed by atoms with Gasteiger partial charge in [-0.2, -0.15) is 5.10 Å². The molecule has 4 rings (SSSR count). The van der Waals surface area contributed by atoms with Gasteiger partial charge in [0.1, 0.15) is 17.7 Å². The second-order valence-electron chi connectivity index (χ2n) is 6.43. The predicted molar refractivity (Wildman–Crippen MR) is 95.9 cm³/mol. The summed E-state index contributed by atoms with van der Waals surface area (Å²) in [6.45, 7) is 5.89. The molecule has 1 atom stereocenters. The maximum absolute atomic E-state index is 13.2. The predicted octanol–water partition coefficient (Wildman–Crippen LogP) is 3.00. The van der Waals surface area contributed by atoms with Crippen molar-refractivity contribution in [2.24, 2.45) is 0 Å². The van der Waals surface area contributed by atoms with Gasteiger partial charge >= 0.3 is 0 Å². The number of morpholine rings is 1. The van der Waals surface area contributed by atoms with Gasteiger partial charge in [-0.25, -0.2) is 14.1 Å². The molecule has 26 heavy (non-hydrogen) atoms. The lowest BCUT2D eigenvalue weighted by molar-refractivity contribution is 0.0394. The van der Waals surface area contributed by atoms with Crippen molar-refractivity contribution in [3.05, 3.63) is 65.5 Å². The zero-order valence-electron chi connectivity index (χ0n) is 14.8. The van der Waals surface area contributed by atoms with E-state index in [1.807, 2.05) is 19.9 Å². The molecule has 0 amide bonds. The molecular formula is C19H20FN5O. The highest BCUT2D eigenvalue weighted by atomic mass is 19.1. The topological polar surface area (TPSA) is 56.1 Å². The quantitative estimate of drug-likeness (QED) is 0.724. The van der Waals surface area contributed by atoms with Crippen LogP contribution in [-0.4, -0.2) is 39.4 Å². The smallest absolute Gasteiger partial charge is 0.174 e. The van der Waals surface area contributed by atoms with Crippen LogP contribution in [0.4, 0.5) is 10.2 Å². The Morgan fingerprint density at radius 2 is 1.88 bits per heavy atom. The van der Waals surface area contributed by atoms with E-state index in [4.69, 9.17) is 9.72 Å². The minimum atomic E-state index is -0.245. The number of ether oxygens (including phenoxy) is 1. The van der Waals surface area contributed by atoms with Crippen molar-refractivity contribution >= 4 is 5.82 Å². The number of aromatic nitrogens is 4. The Morgan fingerprint density at radius 3 is 2.62 bits per heavy atom. The van der Waals surface area contributed by atoms with Crippen LogP contribution in [0, 0.1) is 19.7 Å². The molecule has 0 bridgehead atoms. The molecule has 0 saturated carbocycles. The molecule has 0 spiro atoms. The summed E-state index contributed by atoms with van der Waals surface area (Å²) in [6, 6.07) is 8.46. The third-order valence-corrected chi connectivity index (χ3v) is 4.47. The van der Waals surface area contributed by atoms with Gasteiger partial charge in [-0.3, -0.25) is 4.98 Å². The first-order valence-corrected chi connectivity index (χ1v) is 8.58. The van der Waals surface area contributed by atoms with Crippen LogP contribution in [0.15, 0.2) is 42.7 Å². The number of rotatable bonds is 3. The summed E-state index contributed by atoms with van der Waals surface area (Å²) in [5.74, 6) is 1.23. The normalized spacial score (nSPS) is 17.5. The first-order chi connectivity index (χ1) is 12.6. The second-order valence-corrected chi connectivity index (χ2v) is 6.43. The molecule has 7 heteroatoms. The van der Waals surface area contributed by atoms with Crippen LogP contribution in [-0.2, 0) is 4.74 Å². The molecule has 3 heterocycles. The third-order valence-electron chi connectivity index (χ3n) is 4.47. The Labute approximate surface area is 151 Å². The average Bonchev–Trinajstić information content (AvgIpc) is 3.01. The highest BCUT2D eigenvalue weighted by Gasteiger charge is 2.23. The lowest BCUT2D eigenvalue weighted by Gasteiger charge is -2.33. The molecule has 6 nitrogen and oxygen atoms in total. The summed E-state index contributed by atoms with van der Waals surface area (Å²) in [4.78, 5) is 11.2. The van der Waals surface area contributed by atoms with Crippen LogP contribution >= 0.6 is 0 Å². The molecule has 3 aromatic rings. The molecule has 1 saturated heterocycles. The lowest BCUT2D eigenvalue weighted by Crippen LogP contribution is -2.39. The standard InChI is InChI=1S/C19H20FN5O/c1-13-9-14(2)25(23-13)19-11-21-10-18(22-19)24-7-8-26-17(12-24)15-3-5-16(20)6-4-15/h3-6,9-11,17H,7-8,12H2,1-2H3. The Balaban J connectivity index is 1.58. The average molecular weight is 353 g/mol. The molecule has 0 N–H and O–H groups in total. The number of halogens is 1. The molecule has 2 aromatic heterocycles. The van der Waals surface area contributed by atoms with E-state index in [1.165, 1.54) is 12.1 Å². The van der Waals surface area contributed by atoms with Gasteiger partial charge in [0.25, 0.3) is 0 Å². The summed E-state index contributed by atoms with van der Waals surface area (Å²) in [5.41, 5.74) is 2.91. The van der Waals surface area contributed by atoms with Crippen molar-refractivity contribution < 1.29 is 9.13 Å². The highest BCUT2D eigenvalue weighted by Crippen LogP contribution is 2.25. The van der Waals surface area contributed by atoms with Crippen LogP contribution in [0.1, 0.15) is 23.1 Å². The fourth-order valence-corrected chi connectivity index (χ4v) is 3.20. The van der Waals surface area contributed by atoms with Crippen molar-refractivity contribution in [2.75, 3.05) is 24.6 Å². The second kappa shape index (κ2) is 6.84. The zero-order valence-corrected chi connectivity index (χ0v) is 14.8. The molecule has 0 radical (unpaired) electrons. The van der Waals surface area contributed by atoms with Gasteiger partial charge in [-0.05, 0) is 37.6 Å². The van der Waals surface area contributed by atoms with Crippen molar-refractivity contribution in [1.29, 1.82) is 0 Å². The van der Waals surface area contributed by atoms with E-state index in [1.54, 1.807) is 29.2 Å². The van der Waals surface area contributed by atoms with E-state index in [0.717, 1.165) is 29.3 Å². The van der Waals surface area contributed by atoms with E-state index in [0.29, 0.717) is 19.0 Å². The lowest BCUT2D eigenvalue weighted by atomic mass is 10.1. The van der Waals surface area contributed by atoms with Gasteiger partial charge in [0, 0.05) is 18.8 Å². The van der Waals surface area contributed by atoms with Gasteiger partial charge in [-0.1, -0.05) is 12.1 Å². The van der Waals surface area contributed by atoms with Crippen molar-refractivity contribution in [3.8, 4) is 5.82 Å². The van der Waals surface area contributed by atoms with Gasteiger partial charge in [-0.15, -0.1) is 0 Å². The van der Waals surface area contributed by atoms with Crippen molar-refractivity contribution in [1.82, 2.24) is 19.7 Å². The maximum atomic E-state index is 13.2. The van der Waals surface area contributed by atoms with Crippen LogP contribution in [0.25, 0.3) is 5.82 Å². The van der Waals surface area contributed by atoms with Gasteiger partial charge in [0.2, 0.25) is 0 Å². The first-order valence-electron chi connectivity index (χ1n) is 8.58. The monoisotopic (exact) mass is 353 g/mol. The first kappa shape index (κ1) is 16.7. The molecule has 134 valence electrons.